The van der Waals surface area contributed by atoms with E-state index in [1.54, 1.807) is 0 Å². The molecule has 0 radical (unpaired) electrons. The predicted molar refractivity (Wildman–Crippen MR) is 108 cm³/mol. The number of hydrogen-bond donors (Lipinski definition) is 4. The number of nitrogens with one attached hydrogen (secondary N) is 1. The SMILES string of the molecule is NCCCC[C@H](NC(CCc1ccccc1)C(=O)O)C(=O)N1CCC[C@H]1C(=O)O. The Morgan fingerprint density at radius 3 is 2.45 bits per heavy atom. The second-order valence-corrected chi connectivity index (χ2v) is 7.45. The molecule has 29 heavy (non-hydrogen) atoms. The Bertz CT molecular complexity index is 682. The molecule has 1 aromatic carbocycles. The fourth-order valence-corrected chi connectivity index (χ4v) is 3.73. The lowest BCUT2D eigenvalue weighted by Gasteiger charge is -2.29. The summed E-state index contributed by atoms with van der Waals surface area (Å²) in [4.78, 5) is 37.7. The van der Waals surface area contributed by atoms with E-state index in [1.165, 1.54) is 4.90 Å². The molecule has 5 N–H and O–H groups in total. The zero-order valence-corrected chi connectivity index (χ0v) is 16.6. The summed E-state index contributed by atoms with van der Waals surface area (Å²) >= 11 is 0. The van der Waals surface area contributed by atoms with Gasteiger partial charge in [-0.3, -0.25) is 14.9 Å². The number of nitrogens with two attached hydrogens (primary N) is 1. The number of aliphatic carboxylic acids is 2. The highest BCUT2D eigenvalue weighted by Crippen LogP contribution is 2.20. The molecule has 3 atom stereocenters. The van der Waals surface area contributed by atoms with Gasteiger partial charge in [0.25, 0.3) is 0 Å². The fourth-order valence-electron chi connectivity index (χ4n) is 3.73. The topological polar surface area (TPSA) is 133 Å². The van der Waals surface area contributed by atoms with E-state index < -0.39 is 30.1 Å². The molecule has 0 aliphatic carbocycles. The molecule has 0 spiro atoms. The van der Waals surface area contributed by atoms with Gasteiger partial charge in [0.05, 0.1) is 6.04 Å². The van der Waals surface area contributed by atoms with E-state index in [4.69, 9.17) is 5.73 Å². The van der Waals surface area contributed by atoms with Crippen molar-refractivity contribution in [1.29, 1.82) is 0 Å². The number of benzene rings is 1. The minimum absolute atomic E-state index is 0.335. The maximum Gasteiger partial charge on any atom is 0.326 e. The average Bonchev–Trinajstić information content (AvgIpc) is 3.20. The molecular weight excluding hydrogens is 374 g/mol. The van der Waals surface area contributed by atoms with Crippen LogP contribution in [0.5, 0.6) is 0 Å². The molecule has 1 fully saturated rings. The highest BCUT2D eigenvalue weighted by atomic mass is 16.4. The molecule has 1 unspecified atom stereocenters. The summed E-state index contributed by atoms with van der Waals surface area (Å²) in [5.74, 6) is -2.37. The summed E-state index contributed by atoms with van der Waals surface area (Å²) in [7, 11) is 0. The molecule has 1 aliphatic rings. The first-order valence-corrected chi connectivity index (χ1v) is 10.2. The van der Waals surface area contributed by atoms with E-state index in [-0.39, 0.29) is 5.91 Å². The molecule has 0 aromatic heterocycles. The van der Waals surface area contributed by atoms with Crippen molar-refractivity contribution in [3.63, 3.8) is 0 Å². The van der Waals surface area contributed by atoms with Crippen LogP contribution in [-0.2, 0) is 20.8 Å². The number of aryl methyl sites for hydroxylation is 1. The van der Waals surface area contributed by atoms with Gasteiger partial charge in [-0.2, -0.15) is 0 Å². The third-order valence-electron chi connectivity index (χ3n) is 5.33. The molecule has 1 amide bonds. The van der Waals surface area contributed by atoms with Gasteiger partial charge in [0.15, 0.2) is 0 Å². The van der Waals surface area contributed by atoms with E-state index >= 15 is 0 Å². The predicted octanol–water partition coefficient (Wildman–Crippen LogP) is 1.24. The van der Waals surface area contributed by atoms with E-state index in [1.807, 2.05) is 30.3 Å². The Morgan fingerprint density at radius 2 is 1.83 bits per heavy atom. The Labute approximate surface area is 171 Å². The Balaban J connectivity index is 2.08. The van der Waals surface area contributed by atoms with Crippen LogP contribution in [0.25, 0.3) is 0 Å². The van der Waals surface area contributed by atoms with Crippen LogP contribution in [-0.4, -0.2) is 64.2 Å². The largest absolute Gasteiger partial charge is 0.480 e. The van der Waals surface area contributed by atoms with Gasteiger partial charge in [-0.05, 0) is 50.6 Å². The lowest BCUT2D eigenvalue weighted by atomic mass is 10.0. The Hall–Kier alpha value is -2.45. The summed E-state index contributed by atoms with van der Waals surface area (Å²) in [5.41, 5.74) is 6.57. The van der Waals surface area contributed by atoms with Gasteiger partial charge < -0.3 is 20.8 Å². The molecule has 1 aliphatic heterocycles. The van der Waals surface area contributed by atoms with Crippen molar-refractivity contribution >= 4 is 17.8 Å². The van der Waals surface area contributed by atoms with Gasteiger partial charge >= 0.3 is 11.9 Å². The third kappa shape index (κ3) is 6.83. The number of hydrogen-bond acceptors (Lipinski definition) is 5. The van der Waals surface area contributed by atoms with Crippen LogP contribution >= 0.6 is 0 Å². The van der Waals surface area contributed by atoms with Crippen molar-refractivity contribution in [3.8, 4) is 0 Å². The van der Waals surface area contributed by atoms with Gasteiger partial charge in [0.2, 0.25) is 5.91 Å². The first-order chi connectivity index (χ1) is 13.9. The van der Waals surface area contributed by atoms with Crippen molar-refractivity contribution in [2.24, 2.45) is 5.73 Å². The summed E-state index contributed by atoms with van der Waals surface area (Å²) < 4.78 is 0. The van der Waals surface area contributed by atoms with Gasteiger partial charge in [-0.25, -0.2) is 4.79 Å². The van der Waals surface area contributed by atoms with E-state index in [9.17, 15) is 24.6 Å². The smallest absolute Gasteiger partial charge is 0.326 e. The second-order valence-electron chi connectivity index (χ2n) is 7.45. The first kappa shape index (κ1) is 22.8. The zero-order valence-electron chi connectivity index (χ0n) is 16.6. The van der Waals surface area contributed by atoms with E-state index in [0.29, 0.717) is 51.6 Å². The van der Waals surface area contributed by atoms with Crippen LogP contribution < -0.4 is 11.1 Å². The normalized spacial score (nSPS) is 18.4. The number of rotatable bonds is 12. The third-order valence-corrected chi connectivity index (χ3v) is 5.33. The number of nitrogens with zero attached hydrogens (tertiary/aromatic N) is 1. The standard InChI is InChI=1S/C21H31N3O5/c22-13-5-4-9-16(19(25)24-14-6-10-18(24)21(28)29)23-17(20(26)27)12-11-15-7-2-1-3-8-15/h1-3,7-8,16-18,23H,4-6,9-14,22H2,(H,26,27)(H,28,29)/t16-,17?,18-/m0/s1. The van der Waals surface area contributed by atoms with Crippen LogP contribution in [0, 0.1) is 0 Å². The van der Waals surface area contributed by atoms with E-state index in [0.717, 1.165) is 12.0 Å². The summed E-state index contributed by atoms with van der Waals surface area (Å²) in [6, 6.07) is 7.10. The van der Waals surface area contributed by atoms with Crippen molar-refractivity contribution in [1.82, 2.24) is 10.2 Å². The molecule has 160 valence electrons. The van der Waals surface area contributed by atoms with Crippen LogP contribution in [0.4, 0.5) is 0 Å². The molecule has 8 nitrogen and oxygen atoms in total. The monoisotopic (exact) mass is 405 g/mol. The second kappa shape index (κ2) is 11.5. The summed E-state index contributed by atoms with van der Waals surface area (Å²) in [6.07, 6.45) is 3.76. The number of carboxylic acids is 2. The van der Waals surface area contributed by atoms with Crippen LogP contribution in [0.3, 0.4) is 0 Å². The molecule has 1 heterocycles. The first-order valence-electron chi connectivity index (χ1n) is 10.2. The van der Waals surface area contributed by atoms with Crippen LogP contribution in [0.2, 0.25) is 0 Å². The Morgan fingerprint density at radius 1 is 1.10 bits per heavy atom. The lowest BCUT2D eigenvalue weighted by Crippen LogP contribution is -2.54. The molecule has 0 bridgehead atoms. The van der Waals surface area contributed by atoms with Gasteiger partial charge in [0, 0.05) is 6.54 Å². The highest BCUT2D eigenvalue weighted by Gasteiger charge is 2.38. The molecule has 0 saturated carbocycles. The zero-order chi connectivity index (χ0) is 21.2. The minimum atomic E-state index is -1.02. The number of likely N-dealkylation sites (tertiary alicyclic amines) is 1. The van der Waals surface area contributed by atoms with Crippen molar-refractivity contribution in [2.75, 3.05) is 13.1 Å². The number of amides is 1. The number of unbranched alkanes of at least 4 members (excludes halogenated alkanes) is 1. The van der Waals surface area contributed by atoms with E-state index in [2.05, 4.69) is 5.32 Å². The lowest BCUT2D eigenvalue weighted by molar-refractivity contribution is -0.149. The quantitative estimate of drug-likeness (QED) is 0.384. The highest BCUT2D eigenvalue weighted by molar-refractivity contribution is 5.88. The Kier molecular flexibility index (Phi) is 9.08. The van der Waals surface area contributed by atoms with Gasteiger partial charge in [-0.1, -0.05) is 36.8 Å². The van der Waals surface area contributed by atoms with Crippen LogP contribution in [0.15, 0.2) is 30.3 Å². The molecular formula is C21H31N3O5. The van der Waals surface area contributed by atoms with Gasteiger partial charge in [0.1, 0.15) is 12.1 Å². The minimum Gasteiger partial charge on any atom is -0.480 e. The maximum atomic E-state index is 13.1. The van der Waals surface area contributed by atoms with Crippen LogP contribution in [0.1, 0.15) is 44.1 Å². The number of carboxylic acid groups (broad SMARTS) is 2. The van der Waals surface area contributed by atoms with Crippen molar-refractivity contribution in [3.05, 3.63) is 35.9 Å². The number of carbonyl (C=O) groups excluding carboxylic acids is 1. The number of carbonyl (C=O) groups is 3. The van der Waals surface area contributed by atoms with Crippen molar-refractivity contribution in [2.45, 2.75) is 63.1 Å². The summed E-state index contributed by atoms with van der Waals surface area (Å²) in [5, 5.41) is 22.0. The van der Waals surface area contributed by atoms with Crippen molar-refractivity contribution < 1.29 is 24.6 Å². The fraction of sp³-hybridized carbons (Fsp3) is 0.571. The average molecular weight is 405 g/mol. The molecule has 1 saturated heterocycles. The molecule has 2 rings (SSSR count). The molecule has 8 heteroatoms. The summed E-state index contributed by atoms with van der Waals surface area (Å²) in [6.45, 7) is 0.866. The van der Waals surface area contributed by atoms with Gasteiger partial charge in [-0.15, -0.1) is 0 Å². The maximum absolute atomic E-state index is 13.1. The molecule has 1 aromatic rings.